The van der Waals surface area contributed by atoms with Gasteiger partial charge in [0.25, 0.3) is 5.91 Å². The van der Waals surface area contributed by atoms with Gasteiger partial charge >= 0.3 is 0 Å². The monoisotopic (exact) mass is 434 g/mol. The van der Waals surface area contributed by atoms with Crippen molar-refractivity contribution >= 4 is 28.6 Å². The van der Waals surface area contributed by atoms with Gasteiger partial charge in [0.2, 0.25) is 0 Å². The highest BCUT2D eigenvalue weighted by Crippen LogP contribution is 2.27. The number of thiazole rings is 1. The standard InChI is InChI=1S/C23H22N4OS2/c1-16-9-10-19(29-16)15-27(14-11-18-7-4-3-5-8-18)23(28)20-17(2)26-22(30-20)21-24-12-6-13-25-21/h3-10,12-13H,11,14-15H2,1-2H3. The van der Waals surface area contributed by atoms with E-state index in [0.717, 1.165) is 12.1 Å². The molecule has 1 amide bonds. The van der Waals surface area contributed by atoms with Crippen LogP contribution in [0.5, 0.6) is 0 Å². The van der Waals surface area contributed by atoms with E-state index in [4.69, 9.17) is 0 Å². The molecule has 0 unspecified atom stereocenters. The highest BCUT2D eigenvalue weighted by Gasteiger charge is 2.23. The van der Waals surface area contributed by atoms with Crippen molar-refractivity contribution < 1.29 is 4.79 Å². The number of aryl methyl sites for hydroxylation is 2. The van der Waals surface area contributed by atoms with Gasteiger partial charge in [-0.15, -0.1) is 22.7 Å². The summed E-state index contributed by atoms with van der Waals surface area (Å²) in [6, 6.07) is 16.2. The van der Waals surface area contributed by atoms with Gasteiger partial charge in [0.05, 0.1) is 12.2 Å². The first-order valence-electron chi connectivity index (χ1n) is 9.73. The summed E-state index contributed by atoms with van der Waals surface area (Å²) in [6.45, 7) is 5.21. The van der Waals surface area contributed by atoms with Crippen molar-refractivity contribution in [3.63, 3.8) is 0 Å². The number of carbonyl (C=O) groups is 1. The fourth-order valence-electron chi connectivity index (χ4n) is 3.16. The van der Waals surface area contributed by atoms with E-state index in [0.29, 0.717) is 28.8 Å². The molecular formula is C23H22N4OS2. The molecule has 0 spiro atoms. The number of aromatic nitrogens is 3. The highest BCUT2D eigenvalue weighted by molar-refractivity contribution is 7.17. The zero-order valence-corrected chi connectivity index (χ0v) is 18.5. The number of amides is 1. The molecule has 0 aliphatic heterocycles. The van der Waals surface area contributed by atoms with Crippen molar-refractivity contribution in [3.05, 3.63) is 86.8 Å². The quantitative estimate of drug-likeness (QED) is 0.403. The molecule has 1 aromatic carbocycles. The molecule has 30 heavy (non-hydrogen) atoms. The maximum absolute atomic E-state index is 13.5. The van der Waals surface area contributed by atoms with Gasteiger partial charge in [0.15, 0.2) is 10.8 Å². The number of nitrogens with zero attached hydrogens (tertiary/aromatic N) is 4. The van der Waals surface area contributed by atoms with Gasteiger partial charge in [-0.1, -0.05) is 30.3 Å². The Balaban J connectivity index is 1.59. The zero-order valence-electron chi connectivity index (χ0n) is 16.9. The summed E-state index contributed by atoms with van der Waals surface area (Å²) in [7, 11) is 0. The van der Waals surface area contributed by atoms with Crippen molar-refractivity contribution in [3.8, 4) is 10.8 Å². The van der Waals surface area contributed by atoms with Crippen LogP contribution in [0.4, 0.5) is 0 Å². The Bertz CT molecular complexity index is 1120. The van der Waals surface area contributed by atoms with Crippen molar-refractivity contribution in [1.29, 1.82) is 0 Å². The van der Waals surface area contributed by atoms with Crippen LogP contribution in [0.1, 0.15) is 30.7 Å². The van der Waals surface area contributed by atoms with Crippen molar-refractivity contribution in [2.24, 2.45) is 0 Å². The van der Waals surface area contributed by atoms with Crippen LogP contribution in [0.3, 0.4) is 0 Å². The molecule has 0 saturated heterocycles. The third-order valence-electron chi connectivity index (χ3n) is 4.69. The lowest BCUT2D eigenvalue weighted by atomic mass is 10.1. The first-order chi connectivity index (χ1) is 14.6. The van der Waals surface area contributed by atoms with E-state index >= 15 is 0 Å². The topological polar surface area (TPSA) is 59.0 Å². The lowest BCUT2D eigenvalue weighted by Crippen LogP contribution is -2.32. The molecule has 0 atom stereocenters. The minimum absolute atomic E-state index is 0.00849. The molecule has 5 nitrogen and oxygen atoms in total. The predicted octanol–water partition coefficient (Wildman–Crippen LogP) is 5.16. The van der Waals surface area contributed by atoms with E-state index in [-0.39, 0.29) is 5.91 Å². The Morgan fingerprint density at radius 2 is 1.73 bits per heavy atom. The molecule has 0 bridgehead atoms. The molecule has 0 aliphatic rings. The van der Waals surface area contributed by atoms with Gasteiger partial charge in [0.1, 0.15) is 4.88 Å². The lowest BCUT2D eigenvalue weighted by Gasteiger charge is -2.22. The maximum atomic E-state index is 13.5. The van der Waals surface area contributed by atoms with E-state index in [1.54, 1.807) is 29.8 Å². The smallest absolute Gasteiger partial charge is 0.266 e. The minimum Gasteiger partial charge on any atom is -0.332 e. The van der Waals surface area contributed by atoms with E-state index in [1.807, 2.05) is 30.0 Å². The molecule has 0 fully saturated rings. The molecule has 152 valence electrons. The van der Waals surface area contributed by atoms with Gasteiger partial charge in [-0.2, -0.15) is 0 Å². The van der Waals surface area contributed by atoms with Gasteiger partial charge in [-0.25, -0.2) is 15.0 Å². The first kappa shape index (κ1) is 20.4. The Labute approximate surface area is 184 Å². The molecule has 0 N–H and O–H groups in total. The lowest BCUT2D eigenvalue weighted by molar-refractivity contribution is 0.0750. The largest absolute Gasteiger partial charge is 0.332 e. The van der Waals surface area contributed by atoms with Crippen molar-refractivity contribution in [2.75, 3.05) is 6.54 Å². The number of thiophene rings is 1. The molecular weight excluding hydrogens is 412 g/mol. The number of hydrogen-bond acceptors (Lipinski definition) is 6. The Morgan fingerprint density at radius 3 is 2.43 bits per heavy atom. The summed E-state index contributed by atoms with van der Waals surface area (Å²) < 4.78 is 0. The number of carbonyl (C=O) groups excluding carboxylic acids is 1. The minimum atomic E-state index is 0.00849. The van der Waals surface area contributed by atoms with Crippen LogP contribution in [-0.4, -0.2) is 32.3 Å². The second kappa shape index (κ2) is 9.28. The normalized spacial score (nSPS) is 10.9. The summed E-state index contributed by atoms with van der Waals surface area (Å²) in [5, 5.41) is 0.673. The van der Waals surface area contributed by atoms with Gasteiger partial charge in [-0.05, 0) is 44.0 Å². The number of rotatable bonds is 7. The van der Waals surface area contributed by atoms with Crippen LogP contribution in [0.2, 0.25) is 0 Å². The average Bonchev–Trinajstić information content (AvgIpc) is 3.37. The summed E-state index contributed by atoms with van der Waals surface area (Å²) >= 11 is 3.09. The molecule has 0 radical (unpaired) electrons. The second-order valence-corrected chi connectivity index (χ2v) is 9.35. The molecule has 4 rings (SSSR count). The second-order valence-electron chi connectivity index (χ2n) is 6.98. The summed E-state index contributed by atoms with van der Waals surface area (Å²) in [6.07, 6.45) is 4.18. The average molecular weight is 435 g/mol. The first-order valence-corrected chi connectivity index (χ1v) is 11.4. The van der Waals surface area contributed by atoms with E-state index in [2.05, 4.69) is 46.1 Å². The fourth-order valence-corrected chi connectivity index (χ4v) is 5.05. The molecule has 3 aromatic heterocycles. The molecule has 4 aromatic rings. The molecule has 0 saturated carbocycles. The summed E-state index contributed by atoms with van der Waals surface area (Å²) in [5.41, 5.74) is 1.94. The summed E-state index contributed by atoms with van der Waals surface area (Å²) in [4.78, 5) is 31.6. The predicted molar refractivity (Wildman–Crippen MR) is 122 cm³/mol. The Hall–Kier alpha value is -2.90. The van der Waals surface area contributed by atoms with Crippen LogP contribution in [-0.2, 0) is 13.0 Å². The van der Waals surface area contributed by atoms with Crippen molar-refractivity contribution in [1.82, 2.24) is 19.9 Å². The SMILES string of the molecule is Cc1ccc(CN(CCc2ccccc2)C(=O)c2sc(-c3ncccn3)nc2C)s1. The third-order valence-corrected chi connectivity index (χ3v) is 6.82. The molecule has 0 aliphatic carbocycles. The third kappa shape index (κ3) is 4.80. The van der Waals surface area contributed by atoms with Gasteiger partial charge < -0.3 is 4.90 Å². The summed E-state index contributed by atoms with van der Waals surface area (Å²) in [5.74, 6) is 0.559. The Morgan fingerprint density at radius 1 is 0.967 bits per heavy atom. The van der Waals surface area contributed by atoms with Crippen LogP contribution >= 0.6 is 22.7 Å². The van der Waals surface area contributed by atoms with Crippen LogP contribution in [0.15, 0.2) is 60.9 Å². The van der Waals surface area contributed by atoms with Crippen LogP contribution in [0, 0.1) is 13.8 Å². The maximum Gasteiger partial charge on any atom is 0.266 e. The highest BCUT2D eigenvalue weighted by atomic mass is 32.1. The zero-order chi connectivity index (χ0) is 20.9. The van der Waals surface area contributed by atoms with Crippen LogP contribution < -0.4 is 0 Å². The van der Waals surface area contributed by atoms with E-state index < -0.39 is 0 Å². The van der Waals surface area contributed by atoms with Crippen molar-refractivity contribution in [2.45, 2.75) is 26.8 Å². The molecule has 7 heteroatoms. The van der Waals surface area contributed by atoms with Crippen LogP contribution in [0.25, 0.3) is 10.8 Å². The molecule has 3 heterocycles. The van der Waals surface area contributed by atoms with E-state index in [9.17, 15) is 4.79 Å². The Kier molecular flexibility index (Phi) is 6.30. The van der Waals surface area contributed by atoms with E-state index in [1.165, 1.54) is 26.7 Å². The van der Waals surface area contributed by atoms with Gasteiger partial charge in [0, 0.05) is 28.7 Å². The number of benzene rings is 1. The fraction of sp³-hybridized carbons (Fsp3) is 0.217. The number of hydrogen-bond donors (Lipinski definition) is 0. The van der Waals surface area contributed by atoms with Gasteiger partial charge in [-0.3, -0.25) is 4.79 Å².